The number of ether oxygens (including phenoxy) is 2. The average molecular weight is 226 g/mol. The van der Waals surface area contributed by atoms with Gasteiger partial charge in [-0.1, -0.05) is 0 Å². The standard InChI is InChI=1S/C11H14O5/c1-15-10-5-7(3-4-11(14)16-2)8(12)6-9(10)13/h5-6,12-13H,3-4H2,1-2H3. The number of rotatable bonds is 4. The summed E-state index contributed by atoms with van der Waals surface area (Å²) in [6.07, 6.45) is 0.493. The molecule has 1 rings (SSSR count). The molecule has 0 aliphatic carbocycles. The molecule has 0 bridgehead atoms. The molecule has 0 aromatic heterocycles. The molecule has 0 aliphatic rings. The quantitative estimate of drug-likeness (QED) is 0.755. The summed E-state index contributed by atoms with van der Waals surface area (Å²) < 4.78 is 9.39. The number of benzene rings is 1. The number of methoxy groups -OCH3 is 2. The number of hydrogen-bond acceptors (Lipinski definition) is 5. The lowest BCUT2D eigenvalue weighted by molar-refractivity contribution is -0.140. The number of carbonyl (C=O) groups is 1. The number of hydrogen-bond donors (Lipinski definition) is 2. The first-order valence-corrected chi connectivity index (χ1v) is 4.74. The van der Waals surface area contributed by atoms with Crippen molar-refractivity contribution in [2.75, 3.05) is 14.2 Å². The van der Waals surface area contributed by atoms with Gasteiger partial charge in [0.05, 0.1) is 14.2 Å². The van der Waals surface area contributed by atoms with Crippen molar-refractivity contribution in [2.24, 2.45) is 0 Å². The zero-order valence-electron chi connectivity index (χ0n) is 9.19. The highest BCUT2D eigenvalue weighted by atomic mass is 16.5. The van der Waals surface area contributed by atoms with Gasteiger partial charge >= 0.3 is 5.97 Å². The Bertz CT molecular complexity index is 386. The van der Waals surface area contributed by atoms with E-state index in [1.165, 1.54) is 26.4 Å². The third-order valence-corrected chi connectivity index (χ3v) is 2.21. The summed E-state index contributed by atoms with van der Waals surface area (Å²) in [5.41, 5.74) is 0.528. The van der Waals surface area contributed by atoms with Crippen molar-refractivity contribution in [1.29, 1.82) is 0 Å². The Morgan fingerprint density at radius 1 is 1.25 bits per heavy atom. The molecule has 2 N–H and O–H groups in total. The summed E-state index contributed by atoms with van der Waals surface area (Å²) in [6, 6.07) is 2.68. The van der Waals surface area contributed by atoms with Crippen LogP contribution in [0.2, 0.25) is 0 Å². The Hall–Kier alpha value is -1.91. The highest BCUT2D eigenvalue weighted by Gasteiger charge is 2.10. The zero-order valence-corrected chi connectivity index (χ0v) is 9.19. The maximum Gasteiger partial charge on any atom is 0.305 e. The summed E-state index contributed by atoms with van der Waals surface area (Å²) in [6.45, 7) is 0. The second-order valence-electron chi connectivity index (χ2n) is 3.23. The van der Waals surface area contributed by atoms with E-state index in [1.54, 1.807) is 0 Å². The van der Waals surface area contributed by atoms with E-state index in [1.807, 2.05) is 0 Å². The maximum absolute atomic E-state index is 10.9. The van der Waals surface area contributed by atoms with Crippen LogP contribution < -0.4 is 4.74 Å². The van der Waals surface area contributed by atoms with E-state index in [-0.39, 0.29) is 29.6 Å². The SMILES string of the molecule is COC(=O)CCc1cc(OC)c(O)cc1O. The molecule has 5 heteroatoms. The van der Waals surface area contributed by atoms with Crippen LogP contribution in [0.5, 0.6) is 17.2 Å². The number of phenols is 2. The first kappa shape index (κ1) is 12.2. The van der Waals surface area contributed by atoms with Gasteiger partial charge in [-0.05, 0) is 18.1 Å². The molecule has 16 heavy (non-hydrogen) atoms. The van der Waals surface area contributed by atoms with Gasteiger partial charge < -0.3 is 19.7 Å². The molecule has 0 atom stereocenters. The minimum atomic E-state index is -0.355. The molecular weight excluding hydrogens is 212 g/mol. The van der Waals surface area contributed by atoms with Crippen LogP contribution in [0.3, 0.4) is 0 Å². The maximum atomic E-state index is 10.9. The Labute approximate surface area is 93.2 Å². The molecule has 1 aromatic rings. The monoisotopic (exact) mass is 226 g/mol. The van der Waals surface area contributed by atoms with E-state index >= 15 is 0 Å². The molecule has 0 radical (unpaired) electrons. The molecule has 0 unspecified atom stereocenters. The largest absolute Gasteiger partial charge is 0.508 e. The van der Waals surface area contributed by atoms with Crippen molar-refractivity contribution in [3.63, 3.8) is 0 Å². The van der Waals surface area contributed by atoms with Gasteiger partial charge in [0.25, 0.3) is 0 Å². The highest BCUT2D eigenvalue weighted by molar-refractivity contribution is 5.69. The van der Waals surface area contributed by atoms with Crippen molar-refractivity contribution < 1.29 is 24.5 Å². The minimum absolute atomic E-state index is 0.0674. The fraction of sp³-hybridized carbons (Fsp3) is 0.364. The Morgan fingerprint density at radius 2 is 1.94 bits per heavy atom. The van der Waals surface area contributed by atoms with Crippen LogP contribution in [0.25, 0.3) is 0 Å². The van der Waals surface area contributed by atoms with Crippen LogP contribution in [0.15, 0.2) is 12.1 Å². The molecule has 0 heterocycles. The van der Waals surface area contributed by atoms with Gasteiger partial charge in [0, 0.05) is 12.5 Å². The molecule has 1 aromatic carbocycles. The number of aromatic hydroxyl groups is 2. The lowest BCUT2D eigenvalue weighted by atomic mass is 10.1. The van der Waals surface area contributed by atoms with Crippen molar-refractivity contribution in [3.05, 3.63) is 17.7 Å². The third-order valence-electron chi connectivity index (χ3n) is 2.21. The molecule has 0 spiro atoms. The van der Waals surface area contributed by atoms with Gasteiger partial charge in [-0.2, -0.15) is 0 Å². The fourth-order valence-electron chi connectivity index (χ4n) is 1.30. The van der Waals surface area contributed by atoms with E-state index in [0.29, 0.717) is 12.0 Å². The van der Waals surface area contributed by atoms with Gasteiger partial charge in [-0.3, -0.25) is 4.79 Å². The normalized spacial score (nSPS) is 9.88. The Balaban J connectivity index is 2.83. The van der Waals surface area contributed by atoms with Gasteiger partial charge in [0.2, 0.25) is 0 Å². The topological polar surface area (TPSA) is 76.0 Å². The van der Waals surface area contributed by atoms with Crippen LogP contribution in [0, 0.1) is 0 Å². The van der Waals surface area contributed by atoms with E-state index in [0.717, 1.165) is 0 Å². The van der Waals surface area contributed by atoms with E-state index < -0.39 is 0 Å². The summed E-state index contributed by atoms with van der Waals surface area (Å²) >= 11 is 0. The van der Waals surface area contributed by atoms with Crippen molar-refractivity contribution in [1.82, 2.24) is 0 Å². The van der Waals surface area contributed by atoms with E-state index in [9.17, 15) is 15.0 Å². The summed E-state index contributed by atoms with van der Waals surface area (Å²) in [5.74, 6) is -0.298. The number of phenolic OH excluding ortho intramolecular Hbond substituents is 2. The molecular formula is C11H14O5. The zero-order chi connectivity index (χ0) is 12.1. The third kappa shape index (κ3) is 2.79. The Kier molecular flexibility index (Phi) is 3.99. The molecule has 5 nitrogen and oxygen atoms in total. The van der Waals surface area contributed by atoms with Crippen LogP contribution >= 0.6 is 0 Å². The fourth-order valence-corrected chi connectivity index (χ4v) is 1.30. The summed E-state index contributed by atoms with van der Waals surface area (Å²) in [7, 11) is 2.72. The van der Waals surface area contributed by atoms with Crippen molar-refractivity contribution >= 4 is 5.97 Å². The van der Waals surface area contributed by atoms with Crippen LogP contribution in [0.1, 0.15) is 12.0 Å². The van der Waals surface area contributed by atoms with Crippen LogP contribution in [-0.2, 0) is 16.0 Å². The first-order chi connectivity index (χ1) is 7.58. The molecule has 0 fully saturated rings. The van der Waals surface area contributed by atoms with Crippen molar-refractivity contribution in [2.45, 2.75) is 12.8 Å². The average Bonchev–Trinajstić information content (AvgIpc) is 2.27. The van der Waals surface area contributed by atoms with Crippen LogP contribution in [-0.4, -0.2) is 30.4 Å². The summed E-state index contributed by atoms with van der Waals surface area (Å²) in [4.78, 5) is 10.9. The minimum Gasteiger partial charge on any atom is -0.508 e. The van der Waals surface area contributed by atoms with Gasteiger partial charge in [-0.15, -0.1) is 0 Å². The predicted octanol–water partition coefficient (Wildman–Crippen LogP) is 1.21. The molecule has 0 amide bonds. The van der Waals surface area contributed by atoms with E-state index in [2.05, 4.69) is 4.74 Å². The highest BCUT2D eigenvalue weighted by Crippen LogP contribution is 2.33. The number of carbonyl (C=O) groups excluding carboxylic acids is 1. The molecule has 0 aliphatic heterocycles. The van der Waals surface area contributed by atoms with Gasteiger partial charge in [0.1, 0.15) is 5.75 Å². The Morgan fingerprint density at radius 3 is 2.50 bits per heavy atom. The van der Waals surface area contributed by atoms with E-state index in [4.69, 9.17) is 4.74 Å². The number of esters is 1. The molecule has 0 saturated carbocycles. The molecule has 88 valence electrons. The lowest BCUT2D eigenvalue weighted by Gasteiger charge is -2.08. The van der Waals surface area contributed by atoms with Crippen molar-refractivity contribution in [3.8, 4) is 17.2 Å². The smallest absolute Gasteiger partial charge is 0.305 e. The van der Waals surface area contributed by atoms with Gasteiger partial charge in [0.15, 0.2) is 11.5 Å². The predicted molar refractivity (Wildman–Crippen MR) is 56.7 cm³/mol. The lowest BCUT2D eigenvalue weighted by Crippen LogP contribution is -2.02. The van der Waals surface area contributed by atoms with Crippen LogP contribution in [0.4, 0.5) is 0 Å². The second kappa shape index (κ2) is 5.25. The van der Waals surface area contributed by atoms with Gasteiger partial charge in [-0.25, -0.2) is 0 Å². The molecule has 0 saturated heterocycles. The number of aryl methyl sites for hydroxylation is 1. The second-order valence-corrected chi connectivity index (χ2v) is 3.23. The summed E-state index contributed by atoms with van der Waals surface area (Å²) in [5, 5.41) is 18.9. The first-order valence-electron chi connectivity index (χ1n) is 4.74.